The predicted octanol–water partition coefficient (Wildman–Crippen LogP) is 4.43. The van der Waals surface area contributed by atoms with Crippen LogP contribution in [0.2, 0.25) is 10.0 Å². The van der Waals surface area contributed by atoms with Crippen LogP contribution in [0.5, 0.6) is 5.75 Å². The van der Waals surface area contributed by atoms with Gasteiger partial charge in [0.1, 0.15) is 5.75 Å². The first kappa shape index (κ1) is 13.2. The molecule has 1 N–H and O–H groups in total. The van der Waals surface area contributed by atoms with Gasteiger partial charge in [-0.15, -0.1) is 11.3 Å². The van der Waals surface area contributed by atoms with Gasteiger partial charge in [-0.1, -0.05) is 23.2 Å². The number of halogens is 2. The molecule has 0 bridgehead atoms. The maximum absolute atomic E-state index is 10.8. The van der Waals surface area contributed by atoms with Crippen molar-refractivity contribution in [2.75, 3.05) is 7.11 Å². The molecular formula is C12H8Cl2O3S. The van der Waals surface area contributed by atoms with Crippen LogP contribution in [0.15, 0.2) is 23.6 Å². The molecule has 6 heteroatoms. The molecule has 0 atom stereocenters. The lowest BCUT2D eigenvalue weighted by atomic mass is 10.1. The van der Waals surface area contributed by atoms with E-state index < -0.39 is 5.97 Å². The number of rotatable bonds is 3. The highest BCUT2D eigenvalue weighted by molar-refractivity contribution is 7.14. The van der Waals surface area contributed by atoms with E-state index in [1.165, 1.54) is 18.4 Å². The lowest BCUT2D eigenvalue weighted by molar-refractivity contribution is 0.0697. The van der Waals surface area contributed by atoms with E-state index >= 15 is 0 Å². The van der Waals surface area contributed by atoms with Crippen molar-refractivity contribution in [1.29, 1.82) is 0 Å². The molecule has 2 aromatic rings. The van der Waals surface area contributed by atoms with Crippen molar-refractivity contribution in [3.63, 3.8) is 0 Å². The van der Waals surface area contributed by atoms with Crippen LogP contribution in [-0.4, -0.2) is 18.2 Å². The first-order valence-electron chi connectivity index (χ1n) is 4.88. The second-order valence-electron chi connectivity index (χ2n) is 3.47. The van der Waals surface area contributed by atoms with Crippen molar-refractivity contribution in [3.05, 3.63) is 39.2 Å². The van der Waals surface area contributed by atoms with Crippen LogP contribution in [0.25, 0.3) is 10.4 Å². The molecule has 0 aliphatic rings. The van der Waals surface area contributed by atoms with Gasteiger partial charge in [-0.2, -0.15) is 0 Å². The van der Waals surface area contributed by atoms with Crippen LogP contribution >= 0.6 is 34.5 Å². The number of benzene rings is 1. The highest BCUT2D eigenvalue weighted by Crippen LogP contribution is 2.39. The van der Waals surface area contributed by atoms with E-state index in [0.29, 0.717) is 21.4 Å². The fourth-order valence-corrected chi connectivity index (χ4v) is 2.93. The average molecular weight is 303 g/mol. The third-order valence-electron chi connectivity index (χ3n) is 2.35. The zero-order valence-corrected chi connectivity index (χ0v) is 11.6. The Bertz CT molecular complexity index is 607. The summed E-state index contributed by atoms with van der Waals surface area (Å²) in [4.78, 5) is 11.6. The molecule has 1 heterocycles. The van der Waals surface area contributed by atoms with Crippen LogP contribution in [0, 0.1) is 0 Å². The van der Waals surface area contributed by atoms with Gasteiger partial charge in [-0.3, -0.25) is 0 Å². The van der Waals surface area contributed by atoms with E-state index in [-0.39, 0.29) is 5.56 Å². The van der Waals surface area contributed by atoms with Gasteiger partial charge >= 0.3 is 5.97 Å². The van der Waals surface area contributed by atoms with E-state index in [4.69, 9.17) is 33.0 Å². The summed E-state index contributed by atoms with van der Waals surface area (Å²) in [5.74, 6) is -0.478. The summed E-state index contributed by atoms with van der Waals surface area (Å²) in [5.41, 5.74) is 0.929. The van der Waals surface area contributed by atoms with Crippen molar-refractivity contribution in [2.45, 2.75) is 0 Å². The third kappa shape index (κ3) is 2.46. The smallest absolute Gasteiger partial charge is 0.336 e. The summed E-state index contributed by atoms with van der Waals surface area (Å²) in [5, 5.41) is 11.3. The average Bonchev–Trinajstić information content (AvgIpc) is 2.81. The molecule has 0 spiro atoms. The topological polar surface area (TPSA) is 46.5 Å². The second-order valence-corrected chi connectivity index (χ2v) is 5.20. The van der Waals surface area contributed by atoms with E-state index in [9.17, 15) is 4.79 Å². The Labute approximate surface area is 118 Å². The Morgan fingerprint density at radius 3 is 2.56 bits per heavy atom. The molecule has 0 saturated carbocycles. The Kier molecular flexibility index (Phi) is 3.80. The standard InChI is InChI=1S/C12H8Cl2O3S/c1-17-10-4-8(13)7(3-9(10)14)11-2-6(5-18-11)12(15)16/h2-5H,1H3,(H,15,16). The van der Waals surface area contributed by atoms with E-state index in [2.05, 4.69) is 0 Å². The van der Waals surface area contributed by atoms with Crippen molar-refractivity contribution in [2.24, 2.45) is 0 Å². The second kappa shape index (κ2) is 5.18. The van der Waals surface area contributed by atoms with Crippen molar-refractivity contribution in [1.82, 2.24) is 0 Å². The minimum Gasteiger partial charge on any atom is -0.495 e. The quantitative estimate of drug-likeness (QED) is 0.912. The third-order valence-corrected chi connectivity index (χ3v) is 3.92. The number of carboxylic acid groups (broad SMARTS) is 1. The molecule has 0 radical (unpaired) electrons. The summed E-state index contributed by atoms with van der Waals surface area (Å²) in [7, 11) is 1.50. The molecule has 18 heavy (non-hydrogen) atoms. The molecule has 0 saturated heterocycles. The maximum atomic E-state index is 10.8. The zero-order chi connectivity index (χ0) is 13.3. The first-order valence-corrected chi connectivity index (χ1v) is 6.51. The van der Waals surface area contributed by atoms with Crippen LogP contribution in [0.4, 0.5) is 0 Å². The van der Waals surface area contributed by atoms with Gasteiger partial charge in [0.25, 0.3) is 0 Å². The normalized spacial score (nSPS) is 10.4. The molecule has 2 rings (SSSR count). The Morgan fingerprint density at radius 2 is 2.00 bits per heavy atom. The SMILES string of the molecule is COc1cc(Cl)c(-c2cc(C(=O)O)cs2)cc1Cl. The number of aromatic carboxylic acids is 1. The maximum Gasteiger partial charge on any atom is 0.336 e. The number of hydrogen-bond acceptors (Lipinski definition) is 3. The predicted molar refractivity (Wildman–Crippen MR) is 73.3 cm³/mol. The highest BCUT2D eigenvalue weighted by atomic mass is 35.5. The van der Waals surface area contributed by atoms with Gasteiger partial charge in [-0.25, -0.2) is 4.79 Å². The highest BCUT2D eigenvalue weighted by Gasteiger charge is 2.13. The zero-order valence-electron chi connectivity index (χ0n) is 9.24. The van der Waals surface area contributed by atoms with Crippen LogP contribution < -0.4 is 4.74 Å². The number of hydrogen-bond donors (Lipinski definition) is 1. The molecule has 0 amide bonds. The number of carboxylic acids is 1. The summed E-state index contributed by atoms with van der Waals surface area (Å²) in [6.45, 7) is 0. The number of methoxy groups -OCH3 is 1. The van der Waals surface area contributed by atoms with Crippen molar-refractivity contribution < 1.29 is 14.6 Å². The van der Waals surface area contributed by atoms with Crippen molar-refractivity contribution in [3.8, 4) is 16.2 Å². The van der Waals surface area contributed by atoms with E-state index in [1.807, 2.05) is 0 Å². The van der Waals surface area contributed by atoms with Gasteiger partial charge in [-0.05, 0) is 12.1 Å². The number of ether oxygens (including phenoxy) is 1. The Hall–Kier alpha value is -1.23. The fourth-order valence-electron chi connectivity index (χ4n) is 1.46. The summed E-state index contributed by atoms with van der Waals surface area (Å²) in [6, 6.07) is 4.84. The van der Waals surface area contributed by atoms with Gasteiger partial charge in [0, 0.05) is 21.9 Å². The molecule has 0 aliphatic carbocycles. The van der Waals surface area contributed by atoms with Crippen LogP contribution in [0.1, 0.15) is 10.4 Å². The van der Waals surface area contributed by atoms with Crippen LogP contribution in [0.3, 0.4) is 0 Å². The Balaban J connectivity index is 2.50. The summed E-state index contributed by atoms with van der Waals surface area (Å²) < 4.78 is 5.05. The lowest BCUT2D eigenvalue weighted by Crippen LogP contribution is -1.91. The van der Waals surface area contributed by atoms with Gasteiger partial charge in [0.2, 0.25) is 0 Å². The molecule has 1 aromatic heterocycles. The van der Waals surface area contributed by atoms with E-state index in [1.54, 1.807) is 23.6 Å². The monoisotopic (exact) mass is 302 g/mol. The minimum absolute atomic E-state index is 0.234. The fraction of sp³-hybridized carbons (Fsp3) is 0.0833. The molecule has 0 aliphatic heterocycles. The summed E-state index contributed by atoms with van der Waals surface area (Å²) in [6.07, 6.45) is 0. The van der Waals surface area contributed by atoms with Gasteiger partial charge in [0.15, 0.2) is 0 Å². The molecule has 0 unspecified atom stereocenters. The Morgan fingerprint density at radius 1 is 1.28 bits per heavy atom. The minimum atomic E-state index is -0.965. The molecule has 94 valence electrons. The summed E-state index contributed by atoms with van der Waals surface area (Å²) >= 11 is 13.5. The first-order chi connectivity index (χ1) is 8.52. The largest absolute Gasteiger partial charge is 0.495 e. The van der Waals surface area contributed by atoms with Crippen molar-refractivity contribution >= 4 is 40.5 Å². The van der Waals surface area contributed by atoms with Gasteiger partial charge < -0.3 is 9.84 Å². The lowest BCUT2D eigenvalue weighted by Gasteiger charge is -2.07. The molecule has 0 fully saturated rings. The molecule has 1 aromatic carbocycles. The van der Waals surface area contributed by atoms with Crippen LogP contribution in [-0.2, 0) is 0 Å². The molecule has 3 nitrogen and oxygen atoms in total. The van der Waals surface area contributed by atoms with Gasteiger partial charge in [0.05, 0.1) is 22.7 Å². The number of thiophene rings is 1. The van der Waals surface area contributed by atoms with E-state index in [0.717, 1.165) is 4.88 Å². The molecular weight excluding hydrogens is 295 g/mol. The number of carbonyl (C=O) groups is 1.